The zero-order chi connectivity index (χ0) is 14.5. The van der Waals surface area contributed by atoms with Gasteiger partial charge >= 0.3 is 0 Å². The molecule has 0 aromatic heterocycles. The Morgan fingerprint density at radius 3 is 2.85 bits per heavy atom. The number of benzene rings is 1. The van der Waals surface area contributed by atoms with Crippen LogP contribution in [0, 0.1) is 0 Å². The predicted molar refractivity (Wildman–Crippen MR) is 81.5 cm³/mol. The first-order valence-electron chi connectivity index (χ1n) is 7.06. The van der Waals surface area contributed by atoms with E-state index in [0.717, 1.165) is 25.8 Å². The van der Waals surface area contributed by atoms with Gasteiger partial charge in [-0.1, -0.05) is 18.0 Å². The largest absolute Gasteiger partial charge is 0.489 e. The van der Waals surface area contributed by atoms with Gasteiger partial charge in [0.2, 0.25) is 5.91 Å². The van der Waals surface area contributed by atoms with Gasteiger partial charge in [0.1, 0.15) is 5.75 Å². The van der Waals surface area contributed by atoms with Gasteiger partial charge in [-0.25, -0.2) is 0 Å². The van der Waals surface area contributed by atoms with Crippen LogP contribution in [0.15, 0.2) is 18.2 Å². The molecule has 0 spiro atoms. The summed E-state index contributed by atoms with van der Waals surface area (Å²) >= 11 is 6.15. The SMILES string of the molecule is CC(C)Oc1ccc(NC(=O)[C@@H]2CCCCN2)cc1Cl. The fourth-order valence-corrected chi connectivity index (χ4v) is 2.46. The summed E-state index contributed by atoms with van der Waals surface area (Å²) in [7, 11) is 0. The summed E-state index contributed by atoms with van der Waals surface area (Å²) in [5, 5.41) is 6.62. The van der Waals surface area contributed by atoms with Crippen LogP contribution in [-0.4, -0.2) is 24.6 Å². The van der Waals surface area contributed by atoms with Crippen molar-refractivity contribution < 1.29 is 9.53 Å². The highest BCUT2D eigenvalue weighted by Gasteiger charge is 2.20. The summed E-state index contributed by atoms with van der Waals surface area (Å²) in [6.07, 6.45) is 3.18. The molecule has 0 bridgehead atoms. The van der Waals surface area contributed by atoms with Crippen LogP contribution in [-0.2, 0) is 4.79 Å². The summed E-state index contributed by atoms with van der Waals surface area (Å²) in [6.45, 7) is 4.79. The molecule has 1 aliphatic heterocycles. The molecule has 110 valence electrons. The summed E-state index contributed by atoms with van der Waals surface area (Å²) in [4.78, 5) is 12.1. The van der Waals surface area contributed by atoms with E-state index >= 15 is 0 Å². The lowest BCUT2D eigenvalue weighted by Crippen LogP contribution is -2.43. The molecule has 1 heterocycles. The minimum atomic E-state index is -0.103. The monoisotopic (exact) mass is 296 g/mol. The topological polar surface area (TPSA) is 50.4 Å². The van der Waals surface area contributed by atoms with E-state index in [1.54, 1.807) is 12.1 Å². The van der Waals surface area contributed by atoms with E-state index in [1.807, 2.05) is 19.9 Å². The van der Waals surface area contributed by atoms with Crippen molar-refractivity contribution in [2.45, 2.75) is 45.3 Å². The minimum absolute atomic E-state index is 0.00158. The highest BCUT2D eigenvalue weighted by atomic mass is 35.5. The Balaban J connectivity index is 1.99. The Kier molecular flexibility index (Phi) is 5.26. The van der Waals surface area contributed by atoms with Crippen molar-refractivity contribution in [3.05, 3.63) is 23.2 Å². The maximum atomic E-state index is 12.1. The second-order valence-corrected chi connectivity index (χ2v) is 5.71. The average Bonchev–Trinajstić information content (AvgIpc) is 2.42. The summed E-state index contributed by atoms with van der Waals surface area (Å²) in [6, 6.07) is 5.21. The van der Waals surface area contributed by atoms with Gasteiger partial charge < -0.3 is 15.4 Å². The fraction of sp³-hybridized carbons (Fsp3) is 0.533. The number of rotatable bonds is 4. The zero-order valence-corrected chi connectivity index (χ0v) is 12.7. The van der Waals surface area contributed by atoms with Gasteiger partial charge in [-0.05, 0) is 51.4 Å². The first kappa shape index (κ1) is 15.1. The van der Waals surface area contributed by atoms with Gasteiger partial charge in [-0.3, -0.25) is 4.79 Å². The normalized spacial score (nSPS) is 18.9. The second kappa shape index (κ2) is 6.95. The number of carbonyl (C=O) groups is 1. The van der Waals surface area contributed by atoms with Crippen LogP contribution in [0.4, 0.5) is 5.69 Å². The van der Waals surface area contributed by atoms with Crippen LogP contribution in [0.25, 0.3) is 0 Å². The van der Waals surface area contributed by atoms with Crippen LogP contribution in [0.1, 0.15) is 33.1 Å². The highest BCUT2D eigenvalue weighted by molar-refractivity contribution is 6.32. The Morgan fingerprint density at radius 2 is 2.25 bits per heavy atom. The third kappa shape index (κ3) is 4.12. The Bertz CT molecular complexity index is 471. The van der Waals surface area contributed by atoms with Crippen molar-refractivity contribution in [3.8, 4) is 5.75 Å². The Hall–Kier alpha value is -1.26. The van der Waals surface area contributed by atoms with Crippen LogP contribution < -0.4 is 15.4 Å². The van der Waals surface area contributed by atoms with E-state index in [1.165, 1.54) is 0 Å². The van der Waals surface area contributed by atoms with Gasteiger partial charge in [0, 0.05) is 5.69 Å². The van der Waals surface area contributed by atoms with E-state index in [0.29, 0.717) is 16.5 Å². The van der Waals surface area contributed by atoms with Crippen LogP contribution >= 0.6 is 11.6 Å². The van der Waals surface area contributed by atoms with Crippen molar-refractivity contribution in [1.29, 1.82) is 0 Å². The lowest BCUT2D eigenvalue weighted by atomic mass is 10.0. The van der Waals surface area contributed by atoms with Crippen LogP contribution in [0.5, 0.6) is 5.75 Å². The van der Waals surface area contributed by atoms with Gasteiger partial charge in [-0.15, -0.1) is 0 Å². The van der Waals surface area contributed by atoms with Gasteiger partial charge in [-0.2, -0.15) is 0 Å². The van der Waals surface area contributed by atoms with Crippen molar-refractivity contribution in [1.82, 2.24) is 5.32 Å². The molecule has 2 N–H and O–H groups in total. The lowest BCUT2D eigenvalue weighted by Gasteiger charge is -2.22. The number of amides is 1. The standard InChI is InChI=1S/C15H21ClN2O2/c1-10(2)20-14-7-6-11(9-12(14)16)18-15(19)13-5-3-4-8-17-13/h6-7,9-10,13,17H,3-5,8H2,1-2H3,(H,18,19)/t13-/m0/s1. The zero-order valence-electron chi connectivity index (χ0n) is 11.9. The smallest absolute Gasteiger partial charge is 0.241 e. The molecule has 1 atom stereocenters. The fourth-order valence-electron chi connectivity index (χ4n) is 2.23. The second-order valence-electron chi connectivity index (χ2n) is 5.30. The third-order valence-electron chi connectivity index (χ3n) is 3.19. The highest BCUT2D eigenvalue weighted by Crippen LogP contribution is 2.28. The molecule has 0 radical (unpaired) electrons. The molecule has 4 nitrogen and oxygen atoms in total. The molecule has 1 amide bonds. The molecule has 1 saturated heterocycles. The van der Waals surface area contributed by atoms with Crippen molar-refractivity contribution in [2.24, 2.45) is 0 Å². The molecule has 1 aliphatic rings. The van der Waals surface area contributed by atoms with Gasteiger partial charge in [0.25, 0.3) is 0 Å². The predicted octanol–water partition coefficient (Wildman–Crippen LogP) is 3.21. The number of carbonyl (C=O) groups excluding carboxylic acids is 1. The number of hydrogen-bond acceptors (Lipinski definition) is 3. The third-order valence-corrected chi connectivity index (χ3v) is 3.48. The molecular formula is C15H21ClN2O2. The number of nitrogens with one attached hydrogen (secondary N) is 2. The van der Waals surface area contributed by atoms with Gasteiger partial charge in [0.15, 0.2) is 0 Å². The Labute approximate surface area is 124 Å². The minimum Gasteiger partial charge on any atom is -0.489 e. The van der Waals surface area contributed by atoms with E-state index in [9.17, 15) is 4.79 Å². The maximum Gasteiger partial charge on any atom is 0.241 e. The number of piperidine rings is 1. The molecule has 0 saturated carbocycles. The van der Waals surface area contributed by atoms with E-state index in [2.05, 4.69) is 10.6 Å². The van der Waals surface area contributed by atoms with Crippen LogP contribution in [0.3, 0.4) is 0 Å². The quantitative estimate of drug-likeness (QED) is 0.897. The first-order valence-corrected chi connectivity index (χ1v) is 7.44. The molecule has 0 aliphatic carbocycles. The molecule has 5 heteroatoms. The van der Waals surface area contributed by atoms with E-state index in [4.69, 9.17) is 16.3 Å². The van der Waals surface area contributed by atoms with Crippen LogP contribution in [0.2, 0.25) is 5.02 Å². The van der Waals surface area contributed by atoms with E-state index in [-0.39, 0.29) is 18.1 Å². The number of hydrogen-bond donors (Lipinski definition) is 2. The number of anilines is 1. The van der Waals surface area contributed by atoms with Crippen molar-refractivity contribution in [2.75, 3.05) is 11.9 Å². The first-order chi connectivity index (χ1) is 9.56. The number of ether oxygens (including phenoxy) is 1. The van der Waals surface area contributed by atoms with Crippen molar-refractivity contribution in [3.63, 3.8) is 0 Å². The molecular weight excluding hydrogens is 276 g/mol. The van der Waals surface area contributed by atoms with E-state index < -0.39 is 0 Å². The molecule has 0 unspecified atom stereocenters. The molecule has 2 rings (SSSR count). The summed E-state index contributed by atoms with van der Waals surface area (Å²) in [5.74, 6) is 0.633. The average molecular weight is 297 g/mol. The molecule has 20 heavy (non-hydrogen) atoms. The van der Waals surface area contributed by atoms with Crippen molar-refractivity contribution >= 4 is 23.2 Å². The Morgan fingerprint density at radius 1 is 1.45 bits per heavy atom. The summed E-state index contributed by atoms with van der Waals surface area (Å²) in [5.41, 5.74) is 0.698. The van der Waals surface area contributed by atoms with Gasteiger partial charge in [0.05, 0.1) is 17.2 Å². The number of halogens is 1. The maximum absolute atomic E-state index is 12.1. The molecule has 1 aromatic carbocycles. The lowest BCUT2D eigenvalue weighted by molar-refractivity contribution is -0.118. The molecule has 1 fully saturated rings. The molecule has 1 aromatic rings. The summed E-state index contributed by atoms with van der Waals surface area (Å²) < 4.78 is 5.56.